The van der Waals surface area contributed by atoms with Crippen LogP contribution in [0.15, 0.2) is 48.5 Å². The third-order valence-corrected chi connectivity index (χ3v) is 6.59. The molecule has 0 radical (unpaired) electrons. The summed E-state index contributed by atoms with van der Waals surface area (Å²) >= 11 is 12.6. The van der Waals surface area contributed by atoms with Crippen molar-refractivity contribution in [2.75, 3.05) is 0 Å². The van der Waals surface area contributed by atoms with Crippen LogP contribution in [0, 0.1) is 11.8 Å². The summed E-state index contributed by atoms with van der Waals surface area (Å²) in [5.74, 6) is 1.10. The first-order valence-corrected chi connectivity index (χ1v) is 10.3. The number of nitrogens with two attached hydrogens (primary N) is 2. The SMILES string of the molecule is NC(Cc1ccccc1Cl)C1CCC(C(N)Cc2ccccc2Cl)CC1. The lowest BCUT2D eigenvalue weighted by molar-refractivity contribution is 0.217. The first-order valence-electron chi connectivity index (χ1n) is 9.52. The van der Waals surface area contributed by atoms with Crippen molar-refractivity contribution >= 4 is 23.2 Å². The molecule has 1 saturated carbocycles. The van der Waals surface area contributed by atoms with E-state index in [1.54, 1.807) is 0 Å². The van der Waals surface area contributed by atoms with E-state index in [9.17, 15) is 0 Å². The Morgan fingerprint density at radius 3 is 1.38 bits per heavy atom. The first kappa shape index (κ1) is 19.7. The molecule has 2 unspecified atom stereocenters. The Hall–Kier alpha value is -1.06. The summed E-state index contributed by atoms with van der Waals surface area (Å²) in [4.78, 5) is 0. The number of benzene rings is 2. The third-order valence-electron chi connectivity index (χ3n) is 5.85. The van der Waals surface area contributed by atoms with Crippen LogP contribution in [-0.2, 0) is 12.8 Å². The Bertz CT molecular complexity index is 649. The summed E-state index contributed by atoms with van der Waals surface area (Å²) in [6.45, 7) is 0. The van der Waals surface area contributed by atoms with Gasteiger partial charge in [-0.25, -0.2) is 0 Å². The molecule has 26 heavy (non-hydrogen) atoms. The average molecular weight is 391 g/mol. The topological polar surface area (TPSA) is 52.0 Å². The molecule has 4 heteroatoms. The minimum Gasteiger partial charge on any atom is -0.327 e. The maximum absolute atomic E-state index is 6.51. The highest BCUT2D eigenvalue weighted by Gasteiger charge is 2.29. The van der Waals surface area contributed by atoms with Crippen molar-refractivity contribution in [3.63, 3.8) is 0 Å². The van der Waals surface area contributed by atoms with Crippen LogP contribution < -0.4 is 11.5 Å². The van der Waals surface area contributed by atoms with Crippen molar-refractivity contribution in [2.24, 2.45) is 23.3 Å². The number of hydrogen-bond acceptors (Lipinski definition) is 2. The quantitative estimate of drug-likeness (QED) is 0.708. The van der Waals surface area contributed by atoms with Crippen LogP contribution in [0.1, 0.15) is 36.8 Å². The predicted molar refractivity (Wildman–Crippen MR) is 112 cm³/mol. The molecule has 2 nitrogen and oxygen atoms in total. The van der Waals surface area contributed by atoms with Crippen LogP contribution in [0.3, 0.4) is 0 Å². The zero-order chi connectivity index (χ0) is 18.5. The average Bonchev–Trinajstić information content (AvgIpc) is 2.65. The Morgan fingerprint density at radius 2 is 1.04 bits per heavy atom. The van der Waals surface area contributed by atoms with Crippen LogP contribution in [0.25, 0.3) is 0 Å². The van der Waals surface area contributed by atoms with Crippen LogP contribution in [-0.4, -0.2) is 12.1 Å². The number of hydrogen-bond donors (Lipinski definition) is 2. The highest BCUT2D eigenvalue weighted by Crippen LogP contribution is 2.34. The third kappa shape index (κ3) is 5.01. The lowest BCUT2D eigenvalue weighted by Gasteiger charge is -2.35. The zero-order valence-electron chi connectivity index (χ0n) is 15.1. The molecule has 0 aliphatic heterocycles. The van der Waals surface area contributed by atoms with E-state index >= 15 is 0 Å². The fraction of sp³-hybridized carbons (Fsp3) is 0.455. The second-order valence-corrected chi connectivity index (χ2v) is 8.41. The predicted octanol–water partition coefficient (Wildman–Crippen LogP) is 5.24. The largest absolute Gasteiger partial charge is 0.327 e. The molecule has 0 saturated heterocycles. The van der Waals surface area contributed by atoms with Gasteiger partial charge in [-0.15, -0.1) is 0 Å². The fourth-order valence-corrected chi connectivity index (χ4v) is 4.60. The highest BCUT2D eigenvalue weighted by atomic mass is 35.5. The van der Waals surface area contributed by atoms with Gasteiger partial charge in [-0.2, -0.15) is 0 Å². The van der Waals surface area contributed by atoms with Gasteiger partial charge in [0.25, 0.3) is 0 Å². The second kappa shape index (κ2) is 9.23. The minimum atomic E-state index is 0.163. The molecule has 1 aliphatic carbocycles. The van der Waals surface area contributed by atoms with Gasteiger partial charge < -0.3 is 11.5 Å². The van der Waals surface area contributed by atoms with Crippen LogP contribution in [0.4, 0.5) is 0 Å². The van der Waals surface area contributed by atoms with Gasteiger partial charge in [-0.3, -0.25) is 0 Å². The summed E-state index contributed by atoms with van der Waals surface area (Å²) in [7, 11) is 0. The van der Waals surface area contributed by atoms with E-state index in [4.69, 9.17) is 34.7 Å². The van der Waals surface area contributed by atoms with Crippen LogP contribution >= 0.6 is 23.2 Å². The van der Waals surface area contributed by atoms with Crippen molar-refractivity contribution in [1.29, 1.82) is 0 Å². The van der Waals surface area contributed by atoms with Gasteiger partial charge in [0, 0.05) is 22.1 Å². The summed E-state index contributed by atoms with van der Waals surface area (Å²) in [5, 5.41) is 1.64. The van der Waals surface area contributed by atoms with Gasteiger partial charge in [0.1, 0.15) is 0 Å². The van der Waals surface area contributed by atoms with E-state index in [1.807, 2.05) is 36.4 Å². The molecule has 2 aromatic rings. The molecule has 0 bridgehead atoms. The fourth-order valence-electron chi connectivity index (χ4n) is 4.17. The summed E-state index contributed by atoms with van der Waals surface area (Å²) in [6.07, 6.45) is 6.28. The molecule has 3 rings (SSSR count). The molecule has 4 N–H and O–H groups in total. The summed E-state index contributed by atoms with van der Waals surface area (Å²) < 4.78 is 0. The monoisotopic (exact) mass is 390 g/mol. The molecule has 2 aromatic carbocycles. The lowest BCUT2D eigenvalue weighted by atomic mass is 9.74. The van der Waals surface area contributed by atoms with Crippen molar-refractivity contribution in [2.45, 2.75) is 50.6 Å². The van der Waals surface area contributed by atoms with Gasteiger partial charge in [0.2, 0.25) is 0 Å². The molecule has 140 valence electrons. The molecule has 2 atom stereocenters. The standard InChI is InChI=1S/C22H28Cl2N2/c23-19-7-3-1-5-17(19)13-21(25)15-9-11-16(12-10-15)22(26)14-18-6-2-4-8-20(18)24/h1-8,15-16,21-22H,9-14,25-26H2. The summed E-state index contributed by atoms with van der Waals surface area (Å²) in [5.41, 5.74) is 15.3. The van der Waals surface area contributed by atoms with E-state index in [0.29, 0.717) is 11.8 Å². The van der Waals surface area contributed by atoms with Crippen LogP contribution in [0.5, 0.6) is 0 Å². The molecular weight excluding hydrogens is 363 g/mol. The van der Waals surface area contributed by atoms with Crippen molar-refractivity contribution < 1.29 is 0 Å². The van der Waals surface area contributed by atoms with Gasteiger partial charge in [0.05, 0.1) is 0 Å². The van der Waals surface area contributed by atoms with Crippen molar-refractivity contribution in [3.05, 3.63) is 69.7 Å². The van der Waals surface area contributed by atoms with Gasteiger partial charge >= 0.3 is 0 Å². The van der Waals surface area contributed by atoms with Gasteiger partial charge in [-0.1, -0.05) is 59.6 Å². The normalized spacial score (nSPS) is 22.8. The van der Waals surface area contributed by atoms with Gasteiger partial charge in [0.15, 0.2) is 0 Å². The molecule has 0 aromatic heterocycles. The zero-order valence-corrected chi connectivity index (χ0v) is 16.6. The Kier molecular flexibility index (Phi) is 6.99. The van der Waals surface area contributed by atoms with E-state index in [-0.39, 0.29) is 12.1 Å². The van der Waals surface area contributed by atoms with Crippen LogP contribution in [0.2, 0.25) is 10.0 Å². The Labute approximate surface area is 166 Å². The Balaban J connectivity index is 1.50. The molecule has 0 spiro atoms. The van der Waals surface area contributed by atoms with Crippen molar-refractivity contribution in [3.8, 4) is 0 Å². The molecule has 1 fully saturated rings. The summed E-state index contributed by atoms with van der Waals surface area (Å²) in [6, 6.07) is 16.3. The van der Waals surface area contributed by atoms with E-state index < -0.39 is 0 Å². The molecule has 0 heterocycles. The number of rotatable bonds is 6. The van der Waals surface area contributed by atoms with Crippen molar-refractivity contribution in [1.82, 2.24) is 0 Å². The van der Waals surface area contributed by atoms with E-state index in [0.717, 1.165) is 59.7 Å². The highest BCUT2D eigenvalue weighted by molar-refractivity contribution is 6.31. The molecular formula is C22H28Cl2N2. The number of halogens is 2. The maximum Gasteiger partial charge on any atom is 0.0438 e. The molecule has 1 aliphatic rings. The van der Waals surface area contributed by atoms with E-state index in [2.05, 4.69) is 12.1 Å². The maximum atomic E-state index is 6.51. The first-order chi connectivity index (χ1) is 12.5. The minimum absolute atomic E-state index is 0.163. The Morgan fingerprint density at radius 1 is 0.692 bits per heavy atom. The van der Waals surface area contributed by atoms with E-state index in [1.165, 1.54) is 0 Å². The lowest BCUT2D eigenvalue weighted by Crippen LogP contribution is -2.39. The van der Waals surface area contributed by atoms with Gasteiger partial charge in [-0.05, 0) is 73.6 Å². The molecule has 0 amide bonds. The second-order valence-electron chi connectivity index (χ2n) is 7.59. The smallest absolute Gasteiger partial charge is 0.0438 e.